The second-order valence-electron chi connectivity index (χ2n) is 4.46. The van der Waals surface area contributed by atoms with E-state index in [-0.39, 0.29) is 11.8 Å². The van der Waals surface area contributed by atoms with Gasteiger partial charge in [-0.05, 0) is 18.6 Å². The number of nitrogens with zero attached hydrogens (tertiary/aromatic N) is 1. The molecule has 110 valence electrons. The molecule has 1 aliphatic rings. The van der Waals surface area contributed by atoms with Crippen LogP contribution in [0.25, 0.3) is 0 Å². The number of nitrogens with one attached hydrogen (secondary N) is 1. The number of para-hydroxylation sites is 1. The number of carbonyl (C=O) groups is 2. The molecule has 2 atom stereocenters. The minimum atomic E-state index is -0.622. The van der Waals surface area contributed by atoms with Crippen molar-refractivity contribution in [1.82, 2.24) is 5.32 Å². The lowest BCUT2D eigenvalue weighted by Gasteiger charge is -2.25. The Bertz CT molecular complexity index is 486. The fraction of sp³-hybridized carbons (Fsp3) is 0.467. The highest BCUT2D eigenvalue weighted by molar-refractivity contribution is 6.05. The largest absolute Gasteiger partial charge is 0.357 e. The number of hydrogen-bond donors (Lipinski definition) is 2. The maximum absolute atomic E-state index is 12.2. The maximum Gasteiger partial charge on any atom is 0.244 e. The molecule has 0 saturated heterocycles. The summed E-state index contributed by atoms with van der Waals surface area (Å²) in [6.07, 6.45) is 0.536. The molecule has 0 bridgehead atoms. The van der Waals surface area contributed by atoms with Crippen molar-refractivity contribution >= 4 is 17.5 Å². The fourth-order valence-electron chi connectivity index (χ4n) is 2.25. The Morgan fingerprint density at radius 1 is 1.35 bits per heavy atom. The third-order valence-corrected chi connectivity index (χ3v) is 3.15. The molecule has 5 nitrogen and oxygen atoms in total. The third kappa shape index (κ3) is 2.99. The van der Waals surface area contributed by atoms with Crippen LogP contribution in [-0.4, -0.2) is 30.9 Å². The van der Waals surface area contributed by atoms with Gasteiger partial charge in [-0.15, -0.1) is 0 Å². The summed E-state index contributed by atoms with van der Waals surface area (Å²) in [6.45, 7) is 5.63. The molecule has 0 fully saturated rings. The van der Waals surface area contributed by atoms with E-state index in [0.29, 0.717) is 6.42 Å². The predicted molar refractivity (Wildman–Crippen MR) is 80.5 cm³/mol. The minimum Gasteiger partial charge on any atom is -0.357 e. The number of likely N-dealkylation sites (N-methyl/N-ethyl adjacent to an activating group) is 1. The van der Waals surface area contributed by atoms with Crippen LogP contribution in [0.3, 0.4) is 0 Å². The highest BCUT2D eigenvalue weighted by Crippen LogP contribution is 2.32. The Kier molecular flexibility index (Phi) is 5.70. The SMILES string of the molecule is CC.CNC(=O)C1Cc2ccccc2N1C(=O)C(C)N. The van der Waals surface area contributed by atoms with Crippen LogP contribution in [0.1, 0.15) is 26.3 Å². The molecule has 1 heterocycles. The van der Waals surface area contributed by atoms with Gasteiger partial charge in [0.1, 0.15) is 6.04 Å². The number of anilines is 1. The molecule has 2 amide bonds. The average molecular weight is 277 g/mol. The standard InChI is InChI=1S/C13H17N3O2.C2H6/c1-8(14)13(18)16-10-6-4-3-5-9(10)7-11(16)12(17)15-2;1-2/h3-6,8,11H,7,14H2,1-2H3,(H,15,17);1-2H3. The van der Waals surface area contributed by atoms with E-state index in [9.17, 15) is 9.59 Å². The topological polar surface area (TPSA) is 75.4 Å². The number of rotatable bonds is 2. The summed E-state index contributed by atoms with van der Waals surface area (Å²) < 4.78 is 0. The monoisotopic (exact) mass is 277 g/mol. The smallest absolute Gasteiger partial charge is 0.244 e. The van der Waals surface area contributed by atoms with Gasteiger partial charge in [0, 0.05) is 19.2 Å². The summed E-state index contributed by atoms with van der Waals surface area (Å²) in [5, 5.41) is 2.59. The van der Waals surface area contributed by atoms with E-state index in [1.165, 1.54) is 4.90 Å². The Hall–Kier alpha value is -1.88. The van der Waals surface area contributed by atoms with E-state index < -0.39 is 12.1 Å². The summed E-state index contributed by atoms with van der Waals surface area (Å²) in [7, 11) is 1.57. The molecule has 20 heavy (non-hydrogen) atoms. The van der Waals surface area contributed by atoms with Gasteiger partial charge in [-0.3, -0.25) is 14.5 Å². The molecule has 0 radical (unpaired) electrons. The molecule has 5 heteroatoms. The molecule has 3 N–H and O–H groups in total. The first-order valence-corrected chi connectivity index (χ1v) is 6.94. The molecule has 1 aromatic carbocycles. The fourth-order valence-corrected chi connectivity index (χ4v) is 2.25. The highest BCUT2D eigenvalue weighted by Gasteiger charge is 2.38. The summed E-state index contributed by atoms with van der Waals surface area (Å²) in [4.78, 5) is 25.5. The number of benzene rings is 1. The molecule has 2 rings (SSSR count). The van der Waals surface area contributed by atoms with Crippen molar-refractivity contribution in [3.05, 3.63) is 29.8 Å². The van der Waals surface area contributed by atoms with Crippen LogP contribution in [-0.2, 0) is 16.0 Å². The van der Waals surface area contributed by atoms with E-state index >= 15 is 0 Å². The quantitative estimate of drug-likeness (QED) is 0.849. The Balaban J connectivity index is 0.000000956. The number of carbonyl (C=O) groups excluding carboxylic acids is 2. The number of fused-ring (bicyclic) bond motifs is 1. The second kappa shape index (κ2) is 7.05. The van der Waals surface area contributed by atoms with Crippen molar-refractivity contribution in [2.24, 2.45) is 5.73 Å². The van der Waals surface area contributed by atoms with Crippen LogP contribution in [0.4, 0.5) is 5.69 Å². The van der Waals surface area contributed by atoms with Crippen molar-refractivity contribution in [2.75, 3.05) is 11.9 Å². The van der Waals surface area contributed by atoms with Crippen LogP contribution in [0.15, 0.2) is 24.3 Å². The van der Waals surface area contributed by atoms with Crippen molar-refractivity contribution in [2.45, 2.75) is 39.3 Å². The van der Waals surface area contributed by atoms with E-state index in [4.69, 9.17) is 5.73 Å². The van der Waals surface area contributed by atoms with Crippen molar-refractivity contribution < 1.29 is 9.59 Å². The number of amides is 2. The molecule has 1 aliphatic heterocycles. The van der Waals surface area contributed by atoms with Gasteiger partial charge in [0.25, 0.3) is 0 Å². The van der Waals surface area contributed by atoms with E-state index in [2.05, 4.69) is 5.32 Å². The van der Waals surface area contributed by atoms with E-state index in [1.54, 1.807) is 14.0 Å². The maximum atomic E-state index is 12.2. The zero-order chi connectivity index (χ0) is 15.3. The Morgan fingerprint density at radius 2 is 1.95 bits per heavy atom. The minimum absolute atomic E-state index is 0.166. The molecule has 2 unspecified atom stereocenters. The van der Waals surface area contributed by atoms with Gasteiger partial charge in [0.05, 0.1) is 6.04 Å². The van der Waals surface area contributed by atoms with Crippen molar-refractivity contribution in [3.63, 3.8) is 0 Å². The van der Waals surface area contributed by atoms with Crippen LogP contribution in [0, 0.1) is 0 Å². The van der Waals surface area contributed by atoms with Gasteiger partial charge in [-0.25, -0.2) is 0 Å². The molecular formula is C15H23N3O2. The van der Waals surface area contributed by atoms with Gasteiger partial charge in [0.15, 0.2) is 0 Å². The first kappa shape index (κ1) is 16.2. The summed E-state index contributed by atoms with van der Waals surface area (Å²) in [5.74, 6) is -0.395. The lowest BCUT2D eigenvalue weighted by molar-refractivity contribution is -0.126. The molecule has 0 saturated carbocycles. The zero-order valence-electron chi connectivity index (χ0n) is 12.5. The van der Waals surface area contributed by atoms with E-state index in [0.717, 1.165) is 11.3 Å². The molecule has 0 aromatic heterocycles. The normalized spacial score (nSPS) is 17.6. The average Bonchev–Trinajstić information content (AvgIpc) is 2.86. The Morgan fingerprint density at radius 3 is 2.50 bits per heavy atom. The van der Waals surface area contributed by atoms with Crippen molar-refractivity contribution in [1.29, 1.82) is 0 Å². The molecule has 0 spiro atoms. The van der Waals surface area contributed by atoms with Crippen LogP contribution in [0.2, 0.25) is 0 Å². The summed E-state index contributed by atoms with van der Waals surface area (Å²) in [6, 6.07) is 6.42. The number of nitrogens with two attached hydrogens (primary N) is 1. The third-order valence-electron chi connectivity index (χ3n) is 3.15. The Labute approximate surface area is 120 Å². The van der Waals surface area contributed by atoms with Crippen LogP contribution in [0.5, 0.6) is 0 Å². The van der Waals surface area contributed by atoms with Gasteiger partial charge < -0.3 is 11.1 Å². The highest BCUT2D eigenvalue weighted by atomic mass is 16.2. The van der Waals surface area contributed by atoms with Gasteiger partial charge in [0.2, 0.25) is 11.8 Å². The lowest BCUT2D eigenvalue weighted by atomic mass is 10.1. The summed E-state index contributed by atoms with van der Waals surface area (Å²) >= 11 is 0. The first-order chi connectivity index (χ1) is 9.56. The van der Waals surface area contributed by atoms with Gasteiger partial charge >= 0.3 is 0 Å². The van der Waals surface area contributed by atoms with Crippen molar-refractivity contribution in [3.8, 4) is 0 Å². The second-order valence-corrected chi connectivity index (χ2v) is 4.46. The van der Waals surface area contributed by atoms with Crippen LogP contribution >= 0.6 is 0 Å². The predicted octanol–water partition coefficient (Wildman–Crippen LogP) is 1.06. The van der Waals surface area contributed by atoms with E-state index in [1.807, 2.05) is 38.1 Å². The van der Waals surface area contributed by atoms with Gasteiger partial charge in [-0.2, -0.15) is 0 Å². The molecule has 0 aliphatic carbocycles. The molecule has 1 aromatic rings. The first-order valence-electron chi connectivity index (χ1n) is 6.94. The lowest BCUT2D eigenvalue weighted by Crippen LogP contribution is -2.51. The summed E-state index contributed by atoms with van der Waals surface area (Å²) in [5.41, 5.74) is 7.44. The molecular weight excluding hydrogens is 254 g/mol. The van der Waals surface area contributed by atoms with Gasteiger partial charge in [-0.1, -0.05) is 32.0 Å². The van der Waals surface area contributed by atoms with Crippen LogP contribution < -0.4 is 16.0 Å². The number of hydrogen-bond acceptors (Lipinski definition) is 3. The zero-order valence-corrected chi connectivity index (χ0v) is 12.5.